The number of aliphatic hydroxyl groups is 1. The molecular weight excluding hydrogens is 988 g/mol. The van der Waals surface area contributed by atoms with Crippen molar-refractivity contribution in [2.45, 2.75) is 124 Å². The van der Waals surface area contributed by atoms with Crippen LogP contribution in [-0.2, 0) is 14.4 Å². The minimum atomic E-state index is -0.893. The summed E-state index contributed by atoms with van der Waals surface area (Å²) in [7, 11) is 0. The first kappa shape index (κ1) is 55.6. The van der Waals surface area contributed by atoms with Gasteiger partial charge in [0.1, 0.15) is 35.8 Å². The molecule has 4 N–H and O–H groups in total. The molecule has 1 saturated carbocycles. The highest BCUT2D eigenvalue weighted by Gasteiger charge is 2.64. The van der Waals surface area contributed by atoms with Crippen molar-refractivity contribution in [3.63, 3.8) is 0 Å². The molecule has 4 aromatic rings. The van der Waals surface area contributed by atoms with Gasteiger partial charge >= 0.3 is 0 Å². The van der Waals surface area contributed by atoms with E-state index in [9.17, 15) is 29.5 Å². The van der Waals surface area contributed by atoms with Gasteiger partial charge in [-0.25, -0.2) is 9.97 Å². The summed E-state index contributed by atoms with van der Waals surface area (Å²) in [6.07, 6.45) is 3.29. The molecule has 4 aliphatic rings. The van der Waals surface area contributed by atoms with E-state index in [1.54, 1.807) is 35.7 Å². The topological polar surface area (TPSA) is 196 Å². The molecular formula is C57H75ClN10O6S. The van der Waals surface area contributed by atoms with E-state index in [1.807, 2.05) is 76.5 Å². The van der Waals surface area contributed by atoms with Gasteiger partial charge in [-0.3, -0.25) is 29.0 Å². The third-order valence-electron chi connectivity index (χ3n) is 16.1. The van der Waals surface area contributed by atoms with Crippen molar-refractivity contribution >= 4 is 52.4 Å². The number of thiazole rings is 1. The summed E-state index contributed by atoms with van der Waals surface area (Å²) in [5, 5.41) is 29.9. The van der Waals surface area contributed by atoms with Gasteiger partial charge in [0.2, 0.25) is 17.7 Å². The van der Waals surface area contributed by atoms with E-state index < -0.39 is 23.6 Å². The van der Waals surface area contributed by atoms with Crippen LogP contribution in [-0.4, -0.2) is 143 Å². The lowest BCUT2D eigenvalue weighted by Gasteiger charge is -2.63. The molecule has 2 aromatic carbocycles. The molecule has 4 atom stereocenters. The number of β-amino-alcohol motifs (C(OH)–C–C–N with tert-alkyl or cyclic N) is 1. The van der Waals surface area contributed by atoms with E-state index in [0.29, 0.717) is 34.2 Å². The Balaban J connectivity index is 0.763. The predicted molar refractivity (Wildman–Crippen MR) is 292 cm³/mol. The minimum Gasteiger partial charge on any atom is -0.489 e. The number of piperidine rings is 1. The number of hydrogen-bond acceptors (Lipinski definition) is 13. The van der Waals surface area contributed by atoms with Crippen molar-refractivity contribution in [2.24, 2.45) is 22.2 Å². The maximum Gasteiger partial charge on any atom is 0.253 e. The smallest absolute Gasteiger partial charge is 0.253 e. The third kappa shape index (κ3) is 12.5. The number of benzene rings is 2. The molecule has 0 spiro atoms. The van der Waals surface area contributed by atoms with Gasteiger partial charge in [-0.1, -0.05) is 91.3 Å². The molecule has 3 saturated heterocycles. The average Bonchev–Trinajstić information content (AvgIpc) is 4.01. The second-order valence-corrected chi connectivity index (χ2v) is 24.6. The van der Waals surface area contributed by atoms with Crippen LogP contribution in [0.2, 0.25) is 5.02 Å². The van der Waals surface area contributed by atoms with Crippen molar-refractivity contribution in [3.05, 3.63) is 93.7 Å². The first-order valence-corrected chi connectivity index (χ1v) is 27.7. The molecule has 402 valence electrons. The van der Waals surface area contributed by atoms with Crippen molar-refractivity contribution < 1.29 is 29.0 Å². The first-order chi connectivity index (χ1) is 35.6. The minimum absolute atomic E-state index is 0.0179. The normalized spacial score (nSPS) is 22.9. The summed E-state index contributed by atoms with van der Waals surface area (Å²) in [6.45, 7) is 24.2. The molecule has 1 aliphatic carbocycles. The molecule has 18 heteroatoms. The number of likely N-dealkylation sites (tertiary alicyclic amines) is 2. The quantitative estimate of drug-likeness (QED) is 0.0880. The summed E-state index contributed by atoms with van der Waals surface area (Å²) < 4.78 is 6.39. The number of nitrogens with zero attached hydrogens (tertiary/aromatic N) is 7. The van der Waals surface area contributed by atoms with E-state index in [4.69, 9.17) is 21.3 Å². The van der Waals surface area contributed by atoms with Crippen molar-refractivity contribution in [1.82, 2.24) is 40.6 Å². The number of aliphatic hydroxyl groups excluding tert-OH is 1. The van der Waals surface area contributed by atoms with Crippen LogP contribution in [0.15, 0.2) is 66.3 Å². The fourth-order valence-electron chi connectivity index (χ4n) is 12.0. The SMILES string of the molecule is CC[C@H](NC(=O)[C@@H]1C[C@@H](O)CN1C(=O)[C@@H](NC(=O)CN1CCC(CN2CCN(c3ccc(C(=O)NC4C(C)(C)C(Oc5ccc(C#N)c(Cl)c5)C4(C)C)cn3)CC2)CC1)C(C)(C)C)c1ccc(-c2scnc2C)cc1. The first-order valence-electron chi connectivity index (χ1n) is 26.5. The Hall–Kier alpha value is -5.64. The Bertz CT molecular complexity index is 2710. The summed E-state index contributed by atoms with van der Waals surface area (Å²) >= 11 is 7.86. The van der Waals surface area contributed by atoms with Crippen LogP contribution in [0, 0.1) is 40.4 Å². The molecule has 4 amide bonds. The lowest BCUT2D eigenvalue weighted by molar-refractivity contribution is -0.164. The van der Waals surface area contributed by atoms with E-state index in [1.165, 1.54) is 4.90 Å². The van der Waals surface area contributed by atoms with Gasteiger partial charge in [-0.15, -0.1) is 11.3 Å². The molecule has 0 bridgehead atoms. The predicted octanol–water partition coefficient (Wildman–Crippen LogP) is 7.24. The Labute approximate surface area is 451 Å². The van der Waals surface area contributed by atoms with Gasteiger partial charge in [-0.05, 0) is 86.0 Å². The number of hydrogen-bond donors (Lipinski definition) is 4. The Morgan fingerprint density at radius 2 is 1.63 bits per heavy atom. The van der Waals surface area contributed by atoms with Crippen molar-refractivity contribution in [1.29, 1.82) is 5.26 Å². The zero-order valence-electron chi connectivity index (χ0n) is 45.0. The highest BCUT2D eigenvalue weighted by molar-refractivity contribution is 7.13. The molecule has 75 heavy (non-hydrogen) atoms. The van der Waals surface area contributed by atoms with Gasteiger partial charge in [0.05, 0.1) is 50.9 Å². The van der Waals surface area contributed by atoms with Crippen LogP contribution in [0.3, 0.4) is 0 Å². The van der Waals surface area contributed by atoms with Crippen LogP contribution in [0.4, 0.5) is 5.82 Å². The monoisotopic (exact) mass is 1060 g/mol. The number of amides is 4. The fourth-order valence-corrected chi connectivity index (χ4v) is 13.1. The number of ether oxygens (including phenoxy) is 1. The van der Waals surface area contributed by atoms with Gasteiger partial charge in [0, 0.05) is 74.8 Å². The lowest BCUT2D eigenvalue weighted by Crippen LogP contribution is -2.74. The van der Waals surface area contributed by atoms with E-state index in [-0.39, 0.29) is 72.2 Å². The largest absolute Gasteiger partial charge is 0.489 e. The van der Waals surface area contributed by atoms with Gasteiger partial charge in [0.25, 0.3) is 5.91 Å². The summed E-state index contributed by atoms with van der Waals surface area (Å²) in [5.74, 6) is 0.825. The number of pyridine rings is 1. The number of nitrogens with one attached hydrogen (secondary N) is 3. The van der Waals surface area contributed by atoms with Gasteiger partial charge < -0.3 is 35.6 Å². The molecule has 0 radical (unpaired) electrons. The molecule has 16 nitrogen and oxygen atoms in total. The van der Waals surface area contributed by atoms with Crippen LogP contribution in [0.5, 0.6) is 5.75 Å². The number of rotatable bonds is 16. The van der Waals surface area contributed by atoms with Crippen molar-refractivity contribution in [3.8, 4) is 22.3 Å². The van der Waals surface area contributed by atoms with Crippen LogP contribution >= 0.6 is 22.9 Å². The number of aryl methyl sites for hydroxylation is 1. The lowest BCUT2D eigenvalue weighted by atomic mass is 9.49. The molecule has 3 aliphatic heterocycles. The van der Waals surface area contributed by atoms with Gasteiger partial charge in [0.15, 0.2) is 0 Å². The summed E-state index contributed by atoms with van der Waals surface area (Å²) in [4.78, 5) is 74.1. The second-order valence-electron chi connectivity index (χ2n) is 23.3. The van der Waals surface area contributed by atoms with Crippen LogP contribution in [0.1, 0.15) is 114 Å². The fraction of sp³-hybridized carbons (Fsp3) is 0.561. The molecule has 2 aromatic heterocycles. The number of piperazine rings is 1. The van der Waals surface area contributed by atoms with Gasteiger partial charge in [-0.2, -0.15) is 5.26 Å². The Kier molecular flexibility index (Phi) is 17.0. The van der Waals surface area contributed by atoms with Crippen LogP contribution < -0.4 is 25.6 Å². The number of anilines is 1. The van der Waals surface area contributed by atoms with E-state index in [0.717, 1.165) is 86.2 Å². The Morgan fingerprint density at radius 3 is 2.21 bits per heavy atom. The second kappa shape index (κ2) is 22.9. The number of aromatic nitrogens is 2. The zero-order chi connectivity index (χ0) is 54.0. The number of halogens is 1. The third-order valence-corrected chi connectivity index (χ3v) is 17.3. The molecule has 8 rings (SSSR count). The Morgan fingerprint density at radius 1 is 0.933 bits per heavy atom. The zero-order valence-corrected chi connectivity index (χ0v) is 46.6. The summed E-state index contributed by atoms with van der Waals surface area (Å²) in [6, 6.07) is 16.8. The van der Waals surface area contributed by atoms with E-state index >= 15 is 0 Å². The molecule has 4 fully saturated rings. The van der Waals surface area contributed by atoms with Crippen LogP contribution in [0.25, 0.3) is 10.4 Å². The highest BCUT2D eigenvalue weighted by atomic mass is 35.5. The number of carbonyl (C=O) groups is 4. The maximum absolute atomic E-state index is 14.4. The van der Waals surface area contributed by atoms with Crippen molar-refractivity contribution in [2.75, 3.05) is 63.8 Å². The molecule has 0 unspecified atom stereocenters. The number of carbonyl (C=O) groups excluding carboxylic acids is 4. The highest BCUT2D eigenvalue weighted by Crippen LogP contribution is 2.55. The maximum atomic E-state index is 14.4. The molecule has 5 heterocycles. The average molecular weight is 1060 g/mol. The van der Waals surface area contributed by atoms with E-state index in [2.05, 4.69) is 69.4 Å². The summed E-state index contributed by atoms with van der Waals surface area (Å²) in [5.41, 5.74) is 4.29. The standard InChI is InChI=1S/C57H75ClN10O6S/c1-10-44(37-11-13-38(14-12-37)48-35(2)61-34-75-48)62-51(72)45-27-41(69)32-68(45)52(73)49(55(3,4)5)63-47(70)33-65-21-19-36(20-22-65)31-66-23-25-67(26-24-66)46-18-16-40(30-60-46)50(71)64-53-56(6,7)54(57(53,8)9)74-42-17-15-39(29-59)43(58)28-42/h11-18,28,30,34,36,41,44-45,49,53-54,69H,10,19-27,31-33H2,1-9H3,(H,62,72)(H,63,70)(H,64,71)/t41-,44+,45+,49-,53?,54?/m1/s1. The number of nitriles is 1.